The quantitative estimate of drug-likeness (QED) is 0.204. The number of hydrogen-bond acceptors (Lipinski definition) is 6. The number of benzene rings is 3. The van der Waals surface area contributed by atoms with E-state index in [2.05, 4.69) is 61.2 Å². The van der Waals surface area contributed by atoms with Crippen LogP contribution in [0.25, 0.3) is 0 Å². The highest BCUT2D eigenvalue weighted by atomic mass is 16.7. The first-order valence-electron chi connectivity index (χ1n) is 17.4. The summed E-state index contributed by atoms with van der Waals surface area (Å²) in [6.45, 7) is 15.8. The van der Waals surface area contributed by atoms with Gasteiger partial charge in [0.1, 0.15) is 24.5 Å². The second kappa shape index (κ2) is 21.6. The number of carbonyl (C=O) groups is 4. The maximum atomic E-state index is 13.7. The van der Waals surface area contributed by atoms with Crippen molar-refractivity contribution in [3.05, 3.63) is 102 Å². The lowest BCUT2D eigenvalue weighted by Gasteiger charge is -2.29. The van der Waals surface area contributed by atoms with Gasteiger partial charge in [-0.25, -0.2) is 0 Å². The second-order valence-electron chi connectivity index (χ2n) is 12.6. The van der Waals surface area contributed by atoms with Crippen molar-refractivity contribution in [3.8, 4) is 0 Å². The number of ketones is 1. The Balaban J connectivity index is 0.000000492. The van der Waals surface area contributed by atoms with Gasteiger partial charge in [0, 0.05) is 23.7 Å². The lowest BCUT2D eigenvalue weighted by atomic mass is 9.96. The van der Waals surface area contributed by atoms with E-state index in [1.165, 1.54) is 10.5 Å². The number of Topliss-reactive ketones (excluding diaryl/α,β-unsaturated/α-hetero) is 1. The van der Waals surface area contributed by atoms with Gasteiger partial charge in [-0.1, -0.05) is 115 Å². The molecule has 3 aromatic rings. The third-order valence-corrected chi connectivity index (χ3v) is 8.56. The molecular formula is C40H56N4O5. The van der Waals surface area contributed by atoms with Crippen molar-refractivity contribution in [2.75, 3.05) is 18.0 Å². The molecule has 0 radical (unpaired) electrons. The summed E-state index contributed by atoms with van der Waals surface area (Å²) < 4.78 is 0. The Morgan fingerprint density at radius 1 is 0.857 bits per heavy atom. The Morgan fingerprint density at radius 2 is 1.43 bits per heavy atom. The number of nitrogens with zero attached hydrogens (tertiary/aromatic N) is 1. The molecule has 0 aliphatic carbocycles. The van der Waals surface area contributed by atoms with Crippen molar-refractivity contribution < 1.29 is 24.0 Å². The molecule has 3 aromatic carbocycles. The summed E-state index contributed by atoms with van der Waals surface area (Å²) >= 11 is 0. The molecule has 4 atom stereocenters. The van der Waals surface area contributed by atoms with E-state index in [-0.39, 0.29) is 54.0 Å². The number of carbonyl (C=O) groups excluding carboxylic acids is 4. The van der Waals surface area contributed by atoms with Crippen LogP contribution in [0.1, 0.15) is 82.8 Å². The van der Waals surface area contributed by atoms with Crippen LogP contribution in [0.4, 0.5) is 5.69 Å². The lowest BCUT2D eigenvalue weighted by molar-refractivity contribution is -0.125. The van der Waals surface area contributed by atoms with Crippen LogP contribution in [-0.4, -0.2) is 54.8 Å². The Labute approximate surface area is 293 Å². The molecule has 1 aliphatic rings. The third-order valence-electron chi connectivity index (χ3n) is 8.56. The minimum Gasteiger partial charge on any atom is -0.348 e. The molecule has 3 N–H and O–H groups in total. The predicted octanol–water partition coefficient (Wildman–Crippen LogP) is 6.45. The largest absolute Gasteiger partial charge is 0.348 e. The molecule has 1 fully saturated rings. The standard InChI is InChI=1S/C27H36N4O4.C8H10.C5H10O/c1-5-18(3)25-22(16-28-35-25)29-24(32)17-31(23-15-11-10-12-19(23)4)27(34)21(6-2)30-26(33)20-13-8-7-9-14-20;1-2-8-6-4-3-5-7-8;1-4(2)5(3)6/h7-15,18,21-22,25,28H,5-6,16-17H2,1-4H3,(H,29,32)(H,30,33);3-7H,2H2,1H3;4H,1-3H3. The fourth-order valence-electron chi connectivity index (χ4n) is 4.93. The van der Waals surface area contributed by atoms with Gasteiger partial charge in [0.2, 0.25) is 11.8 Å². The molecule has 0 bridgehead atoms. The van der Waals surface area contributed by atoms with Gasteiger partial charge in [-0.3, -0.25) is 24.0 Å². The molecule has 0 spiro atoms. The SMILES string of the molecule is CC(=O)C(C)C.CCC(NC(=O)c1ccccc1)C(=O)N(CC(=O)NC1CNOC1C(C)CC)c1ccccc1C.CCc1ccccc1. The summed E-state index contributed by atoms with van der Waals surface area (Å²) in [7, 11) is 0. The number of nitrogens with one attached hydrogen (secondary N) is 3. The number of aryl methyl sites for hydroxylation is 2. The maximum absolute atomic E-state index is 13.7. The van der Waals surface area contributed by atoms with Gasteiger partial charge in [0.15, 0.2) is 0 Å². The van der Waals surface area contributed by atoms with Gasteiger partial charge >= 0.3 is 0 Å². The van der Waals surface area contributed by atoms with E-state index < -0.39 is 6.04 Å². The molecule has 1 aliphatic heterocycles. The second-order valence-corrected chi connectivity index (χ2v) is 12.6. The van der Waals surface area contributed by atoms with Crippen molar-refractivity contribution in [1.82, 2.24) is 16.1 Å². The minimum absolute atomic E-state index is 0.139. The zero-order valence-electron chi connectivity index (χ0n) is 30.5. The Morgan fingerprint density at radius 3 is 1.94 bits per heavy atom. The van der Waals surface area contributed by atoms with Crippen molar-refractivity contribution in [3.63, 3.8) is 0 Å². The molecule has 0 saturated carbocycles. The Kier molecular flexibility index (Phi) is 18.0. The molecule has 1 heterocycles. The molecule has 9 heteroatoms. The topological polar surface area (TPSA) is 117 Å². The first-order valence-corrected chi connectivity index (χ1v) is 17.4. The van der Waals surface area contributed by atoms with Gasteiger partial charge in [0.05, 0.1) is 6.04 Å². The molecule has 3 amide bonds. The van der Waals surface area contributed by atoms with Crippen LogP contribution in [0.2, 0.25) is 0 Å². The molecule has 4 unspecified atom stereocenters. The number of anilines is 1. The minimum atomic E-state index is -0.778. The van der Waals surface area contributed by atoms with Crippen LogP contribution in [-0.2, 0) is 25.6 Å². The fraction of sp³-hybridized carbons (Fsp3) is 0.450. The molecule has 49 heavy (non-hydrogen) atoms. The average molecular weight is 673 g/mol. The average Bonchev–Trinajstić information content (AvgIpc) is 3.58. The van der Waals surface area contributed by atoms with E-state index in [0.29, 0.717) is 24.2 Å². The van der Waals surface area contributed by atoms with Gasteiger partial charge < -0.3 is 15.5 Å². The molecule has 0 aromatic heterocycles. The van der Waals surface area contributed by atoms with Crippen LogP contribution in [0, 0.1) is 18.8 Å². The van der Waals surface area contributed by atoms with Crippen LogP contribution >= 0.6 is 0 Å². The Bertz CT molecular complexity index is 1450. The fourth-order valence-corrected chi connectivity index (χ4v) is 4.93. The summed E-state index contributed by atoms with van der Waals surface area (Å²) in [5.41, 5.74) is 6.27. The van der Waals surface area contributed by atoms with Crippen molar-refractivity contribution in [2.45, 2.75) is 92.8 Å². The zero-order chi connectivity index (χ0) is 36.3. The van der Waals surface area contributed by atoms with E-state index in [0.717, 1.165) is 18.4 Å². The van der Waals surface area contributed by atoms with E-state index >= 15 is 0 Å². The number of para-hydroxylation sites is 1. The van der Waals surface area contributed by atoms with Gasteiger partial charge in [-0.05, 0) is 61.9 Å². The van der Waals surface area contributed by atoms with Crippen LogP contribution in [0.3, 0.4) is 0 Å². The number of rotatable bonds is 12. The molecular weight excluding hydrogens is 616 g/mol. The highest BCUT2D eigenvalue weighted by Gasteiger charge is 2.35. The highest BCUT2D eigenvalue weighted by molar-refractivity contribution is 6.05. The highest BCUT2D eigenvalue weighted by Crippen LogP contribution is 2.22. The first kappa shape index (κ1) is 40.8. The van der Waals surface area contributed by atoms with E-state index in [1.807, 2.05) is 64.1 Å². The van der Waals surface area contributed by atoms with Crippen LogP contribution < -0.4 is 21.0 Å². The summed E-state index contributed by atoms with van der Waals surface area (Å²) in [6.07, 6.45) is 2.31. The predicted molar refractivity (Wildman–Crippen MR) is 197 cm³/mol. The summed E-state index contributed by atoms with van der Waals surface area (Å²) in [5.74, 6) is -0.204. The number of amides is 3. The van der Waals surface area contributed by atoms with Crippen LogP contribution in [0.15, 0.2) is 84.9 Å². The zero-order valence-corrected chi connectivity index (χ0v) is 30.5. The van der Waals surface area contributed by atoms with Crippen molar-refractivity contribution in [2.24, 2.45) is 11.8 Å². The monoisotopic (exact) mass is 672 g/mol. The normalized spacial score (nSPS) is 16.2. The van der Waals surface area contributed by atoms with Crippen LogP contribution in [0.5, 0.6) is 0 Å². The summed E-state index contributed by atoms with van der Waals surface area (Å²) in [4.78, 5) is 56.8. The third kappa shape index (κ3) is 13.6. The molecule has 266 valence electrons. The summed E-state index contributed by atoms with van der Waals surface area (Å²) in [6, 6.07) is 25.7. The molecule has 4 rings (SSSR count). The van der Waals surface area contributed by atoms with E-state index in [9.17, 15) is 19.2 Å². The maximum Gasteiger partial charge on any atom is 0.251 e. The van der Waals surface area contributed by atoms with E-state index in [4.69, 9.17) is 4.84 Å². The van der Waals surface area contributed by atoms with Gasteiger partial charge in [0.25, 0.3) is 5.91 Å². The van der Waals surface area contributed by atoms with Gasteiger partial charge in [-0.15, -0.1) is 0 Å². The van der Waals surface area contributed by atoms with Crippen molar-refractivity contribution >= 4 is 29.2 Å². The lowest BCUT2D eigenvalue weighted by Crippen LogP contribution is -2.53. The smallest absolute Gasteiger partial charge is 0.251 e. The van der Waals surface area contributed by atoms with Crippen molar-refractivity contribution in [1.29, 1.82) is 0 Å². The number of hydroxylamine groups is 1. The summed E-state index contributed by atoms with van der Waals surface area (Å²) in [5, 5.41) is 5.87. The van der Waals surface area contributed by atoms with Gasteiger partial charge in [-0.2, -0.15) is 5.48 Å². The van der Waals surface area contributed by atoms with E-state index in [1.54, 1.807) is 31.2 Å². The Hall–Kier alpha value is -4.34. The number of hydrogen-bond donors (Lipinski definition) is 3. The molecule has 1 saturated heterocycles. The first-order chi connectivity index (χ1) is 23.4. The molecule has 9 nitrogen and oxygen atoms in total.